The third-order valence-electron chi connectivity index (χ3n) is 2.57. The molecule has 1 aliphatic rings. The molecule has 84 valence electrons. The van der Waals surface area contributed by atoms with E-state index in [2.05, 4.69) is 4.98 Å². The highest BCUT2D eigenvalue weighted by molar-refractivity contribution is 5.92. The number of rotatable bonds is 3. The molecule has 0 unspecified atom stereocenters. The molecule has 0 saturated heterocycles. The molecule has 0 N–H and O–H groups in total. The third-order valence-corrected chi connectivity index (χ3v) is 2.57. The highest BCUT2D eigenvalue weighted by Crippen LogP contribution is 2.26. The molecular formula is C12H13NO3. The summed E-state index contributed by atoms with van der Waals surface area (Å²) >= 11 is 0. The van der Waals surface area contributed by atoms with Crippen molar-refractivity contribution in [1.82, 2.24) is 4.98 Å². The number of carbonyl (C=O) groups is 1. The van der Waals surface area contributed by atoms with E-state index < -0.39 is 0 Å². The molecular weight excluding hydrogens is 206 g/mol. The van der Waals surface area contributed by atoms with Gasteiger partial charge in [0, 0.05) is 13.3 Å². The molecule has 0 bridgehead atoms. The minimum Gasteiger partial charge on any atom is -0.465 e. The first-order chi connectivity index (χ1) is 7.76. The third kappa shape index (κ3) is 1.84. The fourth-order valence-electron chi connectivity index (χ4n) is 1.87. The summed E-state index contributed by atoms with van der Waals surface area (Å²) in [4.78, 5) is 15.8. The summed E-state index contributed by atoms with van der Waals surface area (Å²) < 4.78 is 9.81. The second-order valence-electron chi connectivity index (χ2n) is 3.63. The second-order valence-corrected chi connectivity index (χ2v) is 3.63. The van der Waals surface area contributed by atoms with Gasteiger partial charge in [0.2, 0.25) is 0 Å². The van der Waals surface area contributed by atoms with Crippen LogP contribution in [0.3, 0.4) is 0 Å². The van der Waals surface area contributed by atoms with E-state index in [1.165, 1.54) is 7.11 Å². The zero-order chi connectivity index (χ0) is 11.5. The first-order valence-corrected chi connectivity index (χ1v) is 5.01. The molecule has 0 aliphatic heterocycles. The monoisotopic (exact) mass is 219 g/mol. The Morgan fingerprint density at radius 1 is 1.50 bits per heavy atom. The van der Waals surface area contributed by atoms with Crippen LogP contribution in [0.5, 0.6) is 0 Å². The number of nitrogens with zero attached hydrogens (tertiary/aromatic N) is 1. The average molecular weight is 219 g/mol. The lowest BCUT2D eigenvalue weighted by atomic mass is 10.1. The maximum Gasteiger partial charge on any atom is 0.338 e. The van der Waals surface area contributed by atoms with Crippen LogP contribution in [-0.2, 0) is 15.9 Å². The van der Waals surface area contributed by atoms with Crippen molar-refractivity contribution in [2.75, 3.05) is 20.8 Å². The van der Waals surface area contributed by atoms with Gasteiger partial charge in [0.25, 0.3) is 0 Å². The SMILES string of the molecule is COCC1=Cc2nccc(C(=O)OC)c2C1. The summed E-state index contributed by atoms with van der Waals surface area (Å²) in [6.45, 7) is 0.566. The number of ether oxygens (including phenoxy) is 2. The van der Waals surface area contributed by atoms with Crippen molar-refractivity contribution in [2.24, 2.45) is 0 Å². The highest BCUT2D eigenvalue weighted by atomic mass is 16.5. The van der Waals surface area contributed by atoms with Crippen LogP contribution in [0.15, 0.2) is 17.8 Å². The zero-order valence-corrected chi connectivity index (χ0v) is 9.32. The highest BCUT2D eigenvalue weighted by Gasteiger charge is 2.21. The number of esters is 1. The molecule has 1 aromatic rings. The molecule has 4 heteroatoms. The van der Waals surface area contributed by atoms with Crippen LogP contribution in [0.1, 0.15) is 21.6 Å². The Labute approximate surface area is 93.9 Å². The Kier molecular flexibility index (Phi) is 3.01. The molecule has 4 nitrogen and oxygen atoms in total. The number of pyridine rings is 1. The molecule has 0 fully saturated rings. The molecule has 0 aromatic carbocycles. The summed E-state index contributed by atoms with van der Waals surface area (Å²) in [6.07, 6.45) is 4.30. The van der Waals surface area contributed by atoms with Crippen molar-refractivity contribution < 1.29 is 14.3 Å². The van der Waals surface area contributed by atoms with E-state index in [9.17, 15) is 4.79 Å². The smallest absolute Gasteiger partial charge is 0.338 e. The Hall–Kier alpha value is -1.68. The Morgan fingerprint density at radius 3 is 3.00 bits per heavy atom. The number of hydrogen-bond donors (Lipinski definition) is 0. The fraction of sp³-hybridized carbons (Fsp3) is 0.333. The molecule has 0 radical (unpaired) electrons. The van der Waals surface area contributed by atoms with Gasteiger partial charge in [0.05, 0.1) is 25.0 Å². The van der Waals surface area contributed by atoms with Gasteiger partial charge in [-0.3, -0.25) is 4.98 Å². The maximum absolute atomic E-state index is 11.5. The molecule has 2 rings (SSSR count). The van der Waals surface area contributed by atoms with Crippen LogP contribution in [0, 0.1) is 0 Å². The van der Waals surface area contributed by atoms with E-state index in [-0.39, 0.29) is 5.97 Å². The topological polar surface area (TPSA) is 48.4 Å². The number of hydrogen-bond acceptors (Lipinski definition) is 4. The number of fused-ring (bicyclic) bond motifs is 1. The van der Waals surface area contributed by atoms with Crippen molar-refractivity contribution in [3.63, 3.8) is 0 Å². The van der Waals surface area contributed by atoms with Gasteiger partial charge in [0.15, 0.2) is 0 Å². The Morgan fingerprint density at radius 2 is 2.31 bits per heavy atom. The van der Waals surface area contributed by atoms with Crippen molar-refractivity contribution in [3.8, 4) is 0 Å². The van der Waals surface area contributed by atoms with E-state index >= 15 is 0 Å². The number of carbonyl (C=O) groups excluding carboxylic acids is 1. The van der Waals surface area contributed by atoms with Gasteiger partial charge >= 0.3 is 5.97 Å². The van der Waals surface area contributed by atoms with Crippen molar-refractivity contribution in [1.29, 1.82) is 0 Å². The zero-order valence-electron chi connectivity index (χ0n) is 9.32. The molecule has 0 saturated carbocycles. The van der Waals surface area contributed by atoms with Gasteiger partial charge < -0.3 is 9.47 Å². The predicted octanol–water partition coefficient (Wildman–Crippen LogP) is 1.45. The largest absolute Gasteiger partial charge is 0.465 e. The van der Waals surface area contributed by atoms with Gasteiger partial charge in [0.1, 0.15) is 0 Å². The lowest BCUT2D eigenvalue weighted by molar-refractivity contribution is 0.0599. The molecule has 1 aliphatic carbocycles. The van der Waals surface area contributed by atoms with E-state index in [0.29, 0.717) is 18.6 Å². The first kappa shape index (κ1) is 10.8. The average Bonchev–Trinajstić information content (AvgIpc) is 2.70. The van der Waals surface area contributed by atoms with Crippen molar-refractivity contribution in [3.05, 3.63) is 34.7 Å². The van der Waals surface area contributed by atoms with Gasteiger partial charge in [-0.05, 0) is 29.7 Å². The van der Waals surface area contributed by atoms with Crippen molar-refractivity contribution in [2.45, 2.75) is 6.42 Å². The van der Waals surface area contributed by atoms with E-state index in [1.54, 1.807) is 19.4 Å². The molecule has 1 aromatic heterocycles. The lowest BCUT2D eigenvalue weighted by Crippen LogP contribution is -2.07. The summed E-state index contributed by atoms with van der Waals surface area (Å²) in [7, 11) is 3.03. The first-order valence-electron chi connectivity index (χ1n) is 5.01. The summed E-state index contributed by atoms with van der Waals surface area (Å²) in [6, 6.07) is 1.69. The minimum atomic E-state index is -0.314. The van der Waals surface area contributed by atoms with Gasteiger partial charge in [-0.25, -0.2) is 4.79 Å². The van der Waals surface area contributed by atoms with Crippen LogP contribution in [-0.4, -0.2) is 31.8 Å². The Bertz CT molecular complexity index is 452. The van der Waals surface area contributed by atoms with E-state index in [4.69, 9.17) is 9.47 Å². The molecule has 0 spiro atoms. The summed E-state index contributed by atoms with van der Waals surface area (Å²) in [5.41, 5.74) is 3.49. The van der Waals surface area contributed by atoms with Crippen molar-refractivity contribution >= 4 is 12.0 Å². The van der Waals surface area contributed by atoms with Crippen LogP contribution in [0.4, 0.5) is 0 Å². The summed E-state index contributed by atoms with van der Waals surface area (Å²) in [5, 5.41) is 0. The standard InChI is InChI=1S/C12H13NO3/c1-15-7-8-5-10-9(12(14)16-2)3-4-13-11(10)6-8/h3-4,6H,5,7H2,1-2H3. The number of methoxy groups -OCH3 is 2. The second kappa shape index (κ2) is 4.45. The Balaban J connectivity index is 2.33. The molecule has 16 heavy (non-hydrogen) atoms. The number of aromatic nitrogens is 1. The van der Waals surface area contributed by atoms with Crippen LogP contribution < -0.4 is 0 Å². The maximum atomic E-state index is 11.5. The van der Waals surface area contributed by atoms with Crippen LogP contribution in [0.2, 0.25) is 0 Å². The predicted molar refractivity (Wildman–Crippen MR) is 59.1 cm³/mol. The van der Waals surface area contributed by atoms with Crippen LogP contribution in [0.25, 0.3) is 6.08 Å². The normalized spacial score (nSPS) is 13.2. The van der Waals surface area contributed by atoms with Gasteiger partial charge in [-0.1, -0.05) is 0 Å². The molecule has 0 atom stereocenters. The fourth-order valence-corrected chi connectivity index (χ4v) is 1.87. The van der Waals surface area contributed by atoms with Gasteiger partial charge in [-0.2, -0.15) is 0 Å². The minimum absolute atomic E-state index is 0.314. The van der Waals surface area contributed by atoms with E-state index in [0.717, 1.165) is 16.8 Å². The molecule has 0 amide bonds. The van der Waals surface area contributed by atoms with Gasteiger partial charge in [-0.15, -0.1) is 0 Å². The summed E-state index contributed by atoms with van der Waals surface area (Å²) in [5.74, 6) is -0.314. The lowest BCUT2D eigenvalue weighted by Gasteiger charge is -2.05. The molecule has 1 heterocycles. The van der Waals surface area contributed by atoms with Crippen LogP contribution >= 0.6 is 0 Å². The van der Waals surface area contributed by atoms with E-state index in [1.807, 2.05) is 6.08 Å². The quantitative estimate of drug-likeness (QED) is 0.722.